The number of aryl methyl sites for hydroxylation is 1. The molecule has 2 aromatic carbocycles. The molecule has 2 heterocycles. The maximum absolute atomic E-state index is 13.9. The maximum Gasteiger partial charge on any atom is 0.265 e. The first kappa shape index (κ1) is 23.2. The molecular formula is C23H26FN3O5S. The molecule has 0 radical (unpaired) electrons. The third-order valence-electron chi connectivity index (χ3n) is 5.97. The number of anilines is 2. The monoisotopic (exact) mass is 475 g/mol. The van der Waals surface area contributed by atoms with Crippen molar-refractivity contribution in [2.24, 2.45) is 5.92 Å². The Bertz CT molecular complexity index is 1200. The van der Waals surface area contributed by atoms with Crippen LogP contribution in [0, 0.1) is 18.7 Å². The molecule has 2 atom stereocenters. The minimum absolute atomic E-state index is 0.00563. The smallest absolute Gasteiger partial charge is 0.265 e. The van der Waals surface area contributed by atoms with Crippen LogP contribution in [0.25, 0.3) is 0 Å². The molecular weight excluding hydrogens is 449 g/mol. The summed E-state index contributed by atoms with van der Waals surface area (Å²) in [5.41, 5.74) is 0.963. The molecule has 1 saturated heterocycles. The molecule has 2 aliphatic heterocycles. The van der Waals surface area contributed by atoms with Crippen LogP contribution in [0.1, 0.15) is 31.7 Å². The lowest BCUT2D eigenvalue weighted by Gasteiger charge is -2.32. The van der Waals surface area contributed by atoms with E-state index in [1.807, 2.05) is 0 Å². The van der Waals surface area contributed by atoms with Crippen molar-refractivity contribution in [1.29, 1.82) is 0 Å². The Morgan fingerprint density at radius 1 is 1.30 bits per heavy atom. The van der Waals surface area contributed by atoms with Crippen LogP contribution in [0.3, 0.4) is 0 Å². The number of halogens is 1. The number of benzene rings is 2. The van der Waals surface area contributed by atoms with Crippen molar-refractivity contribution in [1.82, 2.24) is 4.31 Å². The number of nitrogens with zero attached hydrogens (tertiary/aromatic N) is 1. The highest BCUT2D eigenvalue weighted by Gasteiger charge is 2.36. The van der Waals surface area contributed by atoms with Crippen molar-refractivity contribution in [3.8, 4) is 5.75 Å². The van der Waals surface area contributed by atoms with Gasteiger partial charge < -0.3 is 15.4 Å². The van der Waals surface area contributed by atoms with Gasteiger partial charge in [-0.15, -0.1) is 0 Å². The van der Waals surface area contributed by atoms with E-state index >= 15 is 0 Å². The van der Waals surface area contributed by atoms with E-state index in [0.29, 0.717) is 36.3 Å². The molecule has 4 rings (SSSR count). The molecule has 8 nitrogen and oxygen atoms in total. The molecule has 2 aliphatic rings. The van der Waals surface area contributed by atoms with Crippen molar-refractivity contribution in [2.45, 2.75) is 44.1 Å². The number of fused-ring (bicyclic) bond motifs is 1. The van der Waals surface area contributed by atoms with Crippen LogP contribution in [-0.4, -0.2) is 43.7 Å². The summed E-state index contributed by atoms with van der Waals surface area (Å²) in [5.74, 6) is -1.53. The van der Waals surface area contributed by atoms with Crippen molar-refractivity contribution in [3.05, 3.63) is 47.8 Å². The highest BCUT2D eigenvalue weighted by atomic mass is 32.2. The van der Waals surface area contributed by atoms with E-state index in [1.165, 1.54) is 28.6 Å². The fourth-order valence-corrected chi connectivity index (χ4v) is 5.89. The van der Waals surface area contributed by atoms with Gasteiger partial charge in [-0.3, -0.25) is 9.59 Å². The first-order valence-corrected chi connectivity index (χ1v) is 12.3. The zero-order valence-electron chi connectivity index (χ0n) is 18.4. The Hall–Kier alpha value is -2.98. The molecule has 0 saturated carbocycles. The summed E-state index contributed by atoms with van der Waals surface area (Å²) in [6.07, 6.45) is 0.773. The van der Waals surface area contributed by atoms with E-state index in [0.717, 1.165) is 0 Å². The number of hydrogen-bond acceptors (Lipinski definition) is 5. The molecule has 0 bridgehead atoms. The first-order chi connectivity index (χ1) is 15.7. The van der Waals surface area contributed by atoms with E-state index in [-0.39, 0.29) is 29.6 Å². The van der Waals surface area contributed by atoms with Crippen LogP contribution in [-0.2, 0) is 19.6 Å². The van der Waals surface area contributed by atoms with Gasteiger partial charge in [0.15, 0.2) is 6.10 Å². The Labute approximate surface area is 192 Å². The van der Waals surface area contributed by atoms with Gasteiger partial charge in [0.1, 0.15) is 11.6 Å². The molecule has 1 fully saturated rings. The normalized spacial score (nSPS) is 21.0. The van der Waals surface area contributed by atoms with Crippen LogP contribution in [0.15, 0.2) is 41.3 Å². The van der Waals surface area contributed by atoms with E-state index in [4.69, 9.17) is 4.74 Å². The maximum atomic E-state index is 13.9. The lowest BCUT2D eigenvalue weighted by molar-refractivity contribution is -0.123. The number of piperidine rings is 1. The Morgan fingerprint density at radius 2 is 2.06 bits per heavy atom. The molecule has 2 aromatic rings. The number of carbonyl (C=O) groups excluding carboxylic acids is 2. The third kappa shape index (κ3) is 4.58. The lowest BCUT2D eigenvalue weighted by Crippen LogP contribution is -2.44. The molecule has 0 aliphatic carbocycles. The number of nitrogens with one attached hydrogen (secondary N) is 2. The number of carbonyl (C=O) groups is 2. The second-order valence-corrected chi connectivity index (χ2v) is 10.2. The van der Waals surface area contributed by atoms with Gasteiger partial charge >= 0.3 is 0 Å². The third-order valence-corrected chi connectivity index (χ3v) is 7.98. The Kier molecular flexibility index (Phi) is 6.40. The summed E-state index contributed by atoms with van der Waals surface area (Å²) in [6.45, 7) is 3.73. The zero-order chi connectivity index (χ0) is 23.8. The standard InChI is InChI=1S/C23H26FN3O5S/c1-3-19-23(29)26-18-11-14(2)21(12-20(18)32-19)33(30,31)27-10-6-7-15(13-27)22(28)25-17-9-5-4-8-16(17)24/h4-5,8-9,11-12,15,19H,3,6-7,10,13H2,1-2H3,(H,25,28)(H,26,29). The SMILES string of the molecule is CCC1Oc2cc(S(=O)(=O)N3CCCC(C(=O)Nc4ccccc4F)C3)c(C)cc2NC1=O. The number of ether oxygens (including phenoxy) is 1. The van der Waals surface area contributed by atoms with Gasteiger partial charge in [-0.2, -0.15) is 4.31 Å². The highest BCUT2D eigenvalue weighted by molar-refractivity contribution is 7.89. The van der Waals surface area contributed by atoms with Gasteiger partial charge in [0, 0.05) is 19.2 Å². The van der Waals surface area contributed by atoms with Gasteiger partial charge in [-0.25, -0.2) is 12.8 Å². The number of hydrogen-bond donors (Lipinski definition) is 2. The summed E-state index contributed by atoms with van der Waals surface area (Å²) in [4.78, 5) is 24.9. The highest BCUT2D eigenvalue weighted by Crippen LogP contribution is 2.36. The summed E-state index contributed by atoms with van der Waals surface area (Å²) < 4.78 is 47.9. The average molecular weight is 476 g/mol. The van der Waals surface area contributed by atoms with Crippen molar-refractivity contribution >= 4 is 33.2 Å². The Morgan fingerprint density at radius 3 is 2.79 bits per heavy atom. The quantitative estimate of drug-likeness (QED) is 0.691. The number of rotatable bonds is 5. The molecule has 2 unspecified atom stereocenters. The molecule has 0 spiro atoms. The summed E-state index contributed by atoms with van der Waals surface area (Å²) in [6, 6.07) is 8.87. The summed E-state index contributed by atoms with van der Waals surface area (Å²) in [5, 5.41) is 5.32. The molecule has 176 valence electrons. The second-order valence-electron chi connectivity index (χ2n) is 8.29. The first-order valence-electron chi connectivity index (χ1n) is 10.9. The molecule has 2 amide bonds. The average Bonchev–Trinajstić information content (AvgIpc) is 2.79. The number of sulfonamides is 1. The number of amides is 2. The minimum atomic E-state index is -3.92. The molecule has 0 aromatic heterocycles. The molecule has 2 N–H and O–H groups in total. The van der Waals surface area contributed by atoms with Gasteiger partial charge in [0.2, 0.25) is 15.9 Å². The van der Waals surface area contributed by atoms with Crippen LogP contribution in [0.4, 0.5) is 15.8 Å². The van der Waals surface area contributed by atoms with E-state index < -0.39 is 33.8 Å². The second kappa shape index (κ2) is 9.11. The summed E-state index contributed by atoms with van der Waals surface area (Å²) in [7, 11) is -3.92. The molecule has 33 heavy (non-hydrogen) atoms. The van der Waals surface area contributed by atoms with Crippen LogP contribution in [0.5, 0.6) is 5.75 Å². The van der Waals surface area contributed by atoms with Gasteiger partial charge in [-0.05, 0) is 49.9 Å². The van der Waals surface area contributed by atoms with E-state index in [2.05, 4.69) is 10.6 Å². The van der Waals surface area contributed by atoms with Crippen molar-refractivity contribution in [3.63, 3.8) is 0 Å². The zero-order valence-corrected chi connectivity index (χ0v) is 19.2. The predicted octanol–water partition coefficient (Wildman–Crippen LogP) is 3.28. The minimum Gasteiger partial charge on any atom is -0.478 e. The van der Waals surface area contributed by atoms with Crippen LogP contribution >= 0.6 is 0 Å². The predicted molar refractivity (Wildman–Crippen MR) is 121 cm³/mol. The molecule has 10 heteroatoms. The summed E-state index contributed by atoms with van der Waals surface area (Å²) >= 11 is 0. The van der Waals surface area contributed by atoms with E-state index in [9.17, 15) is 22.4 Å². The largest absolute Gasteiger partial charge is 0.478 e. The fourth-order valence-electron chi connectivity index (χ4n) is 4.14. The fraction of sp³-hybridized carbons (Fsp3) is 0.391. The van der Waals surface area contributed by atoms with E-state index in [1.54, 1.807) is 26.0 Å². The lowest BCUT2D eigenvalue weighted by atomic mass is 9.98. The van der Waals surface area contributed by atoms with Crippen molar-refractivity contribution in [2.75, 3.05) is 23.7 Å². The van der Waals surface area contributed by atoms with Gasteiger partial charge in [0.25, 0.3) is 5.91 Å². The van der Waals surface area contributed by atoms with Gasteiger partial charge in [0.05, 0.1) is 22.2 Å². The number of para-hydroxylation sites is 1. The topological polar surface area (TPSA) is 105 Å². The van der Waals surface area contributed by atoms with Crippen LogP contribution in [0.2, 0.25) is 0 Å². The van der Waals surface area contributed by atoms with Crippen molar-refractivity contribution < 1.29 is 27.1 Å². The van der Waals surface area contributed by atoms with Gasteiger partial charge in [-0.1, -0.05) is 19.1 Å². The Balaban J connectivity index is 1.55. The van der Waals surface area contributed by atoms with Crippen LogP contribution < -0.4 is 15.4 Å².